The Morgan fingerprint density at radius 3 is 2.50 bits per heavy atom. The van der Waals surface area contributed by atoms with Crippen LogP contribution < -0.4 is 0 Å². The molecule has 1 heterocycles. The van der Waals surface area contributed by atoms with E-state index in [0.29, 0.717) is 0 Å². The van der Waals surface area contributed by atoms with Crippen LogP contribution in [0.2, 0.25) is 0 Å². The number of carbonyl (C=O) groups excluding carboxylic acids is 1. The Balaban J connectivity index is 2.66. The van der Waals surface area contributed by atoms with E-state index in [9.17, 15) is 23.4 Å². The number of rotatable bonds is 4. The molecule has 1 fully saturated rings. The van der Waals surface area contributed by atoms with Gasteiger partial charge in [0.1, 0.15) is 24.9 Å². The predicted octanol–water partition coefficient (Wildman–Crippen LogP) is -1.81. The highest BCUT2D eigenvalue weighted by atomic mass is 32.2. The summed E-state index contributed by atoms with van der Waals surface area (Å²) in [6, 6.07) is 0. The molecule has 18 heavy (non-hydrogen) atoms. The quantitative estimate of drug-likeness (QED) is 0.454. The first-order chi connectivity index (χ1) is 8.24. The molecule has 0 radical (unpaired) electrons. The molecule has 4 unspecified atom stereocenters. The normalized spacial score (nSPS) is 32.2. The number of hydrogen-bond donors (Lipinski definition) is 2. The zero-order valence-corrected chi connectivity index (χ0v) is 10.5. The molecule has 10 heteroatoms. The third kappa shape index (κ3) is 4.07. The fourth-order valence-electron chi connectivity index (χ4n) is 1.38. The van der Waals surface area contributed by atoms with Crippen LogP contribution in [0.1, 0.15) is 0 Å². The smallest absolute Gasteiger partial charge is 0.438 e. The molecule has 0 saturated carbocycles. The lowest BCUT2D eigenvalue weighted by atomic mass is 10.1. The SMILES string of the molecule is COC(=O)OCC1OC(O)C(O)C1OS(C)(=O)=O. The van der Waals surface area contributed by atoms with E-state index in [2.05, 4.69) is 13.7 Å². The van der Waals surface area contributed by atoms with Gasteiger partial charge >= 0.3 is 6.16 Å². The van der Waals surface area contributed by atoms with Crippen LogP contribution in [0.15, 0.2) is 0 Å². The van der Waals surface area contributed by atoms with Crippen molar-refractivity contribution in [2.24, 2.45) is 0 Å². The molecule has 0 aliphatic carbocycles. The zero-order valence-electron chi connectivity index (χ0n) is 9.68. The number of aliphatic hydroxyl groups excluding tert-OH is 2. The molecule has 0 aromatic rings. The van der Waals surface area contributed by atoms with E-state index in [1.807, 2.05) is 0 Å². The number of hydrogen-bond acceptors (Lipinski definition) is 9. The highest BCUT2D eigenvalue weighted by Crippen LogP contribution is 2.24. The van der Waals surface area contributed by atoms with Crippen LogP contribution in [0.3, 0.4) is 0 Å². The Labute approximate surface area is 103 Å². The van der Waals surface area contributed by atoms with Gasteiger partial charge in [0.2, 0.25) is 0 Å². The van der Waals surface area contributed by atoms with Crippen molar-refractivity contribution in [1.82, 2.24) is 0 Å². The Morgan fingerprint density at radius 2 is 2.00 bits per heavy atom. The molecule has 2 N–H and O–H groups in total. The highest BCUT2D eigenvalue weighted by molar-refractivity contribution is 7.86. The number of methoxy groups -OCH3 is 1. The fraction of sp³-hybridized carbons (Fsp3) is 0.875. The summed E-state index contributed by atoms with van der Waals surface area (Å²) >= 11 is 0. The maximum atomic E-state index is 11.0. The van der Waals surface area contributed by atoms with Crippen LogP contribution in [-0.2, 0) is 28.5 Å². The summed E-state index contributed by atoms with van der Waals surface area (Å²) in [4.78, 5) is 10.7. The first-order valence-electron chi connectivity index (χ1n) is 4.85. The van der Waals surface area contributed by atoms with Crippen LogP contribution in [0.4, 0.5) is 4.79 Å². The third-order valence-corrected chi connectivity index (χ3v) is 2.70. The van der Waals surface area contributed by atoms with E-state index >= 15 is 0 Å². The summed E-state index contributed by atoms with van der Waals surface area (Å²) < 4.78 is 40.1. The number of carbonyl (C=O) groups is 1. The van der Waals surface area contributed by atoms with Gasteiger partial charge in [-0.2, -0.15) is 8.42 Å². The monoisotopic (exact) mass is 286 g/mol. The van der Waals surface area contributed by atoms with E-state index in [0.717, 1.165) is 13.4 Å². The Morgan fingerprint density at radius 1 is 1.39 bits per heavy atom. The molecule has 1 rings (SSSR count). The van der Waals surface area contributed by atoms with Crippen LogP contribution in [-0.4, -0.2) is 69.4 Å². The van der Waals surface area contributed by atoms with Crippen molar-refractivity contribution < 1.29 is 41.8 Å². The summed E-state index contributed by atoms with van der Waals surface area (Å²) in [6.45, 7) is -0.430. The van der Waals surface area contributed by atoms with E-state index < -0.39 is 47.5 Å². The van der Waals surface area contributed by atoms with Crippen molar-refractivity contribution in [1.29, 1.82) is 0 Å². The summed E-state index contributed by atoms with van der Waals surface area (Å²) in [6.07, 6.45) is -5.90. The van der Waals surface area contributed by atoms with E-state index in [1.165, 1.54) is 0 Å². The summed E-state index contributed by atoms with van der Waals surface area (Å²) in [7, 11) is -2.77. The zero-order chi connectivity index (χ0) is 13.9. The Kier molecular flexibility index (Phi) is 4.87. The van der Waals surface area contributed by atoms with Crippen LogP contribution in [0, 0.1) is 0 Å². The van der Waals surface area contributed by atoms with Crippen molar-refractivity contribution in [3.8, 4) is 0 Å². The molecule has 1 aliphatic rings. The Bertz CT molecular complexity index is 391. The second kappa shape index (κ2) is 5.80. The van der Waals surface area contributed by atoms with Gasteiger partial charge in [-0.15, -0.1) is 0 Å². The molecule has 1 saturated heterocycles. The minimum Gasteiger partial charge on any atom is -0.438 e. The van der Waals surface area contributed by atoms with Crippen molar-refractivity contribution in [3.63, 3.8) is 0 Å². The molecule has 0 spiro atoms. The lowest BCUT2D eigenvalue weighted by Crippen LogP contribution is -2.38. The predicted molar refractivity (Wildman–Crippen MR) is 55.0 cm³/mol. The lowest BCUT2D eigenvalue weighted by molar-refractivity contribution is -0.134. The van der Waals surface area contributed by atoms with E-state index in [-0.39, 0.29) is 0 Å². The molecular weight excluding hydrogens is 272 g/mol. The van der Waals surface area contributed by atoms with Crippen LogP contribution >= 0.6 is 0 Å². The van der Waals surface area contributed by atoms with Gasteiger partial charge < -0.3 is 24.4 Å². The van der Waals surface area contributed by atoms with Gasteiger partial charge in [0.15, 0.2) is 6.29 Å². The first kappa shape index (κ1) is 15.1. The van der Waals surface area contributed by atoms with Crippen LogP contribution in [0.5, 0.6) is 0 Å². The molecule has 1 aliphatic heterocycles. The second-order valence-electron chi connectivity index (χ2n) is 3.59. The minimum atomic E-state index is -3.86. The topological polar surface area (TPSA) is 129 Å². The minimum absolute atomic E-state index is 0.430. The second-order valence-corrected chi connectivity index (χ2v) is 5.19. The standard InChI is InChI=1S/C8H14O9S/c1-14-8(11)15-3-4-6(17-18(2,12)13)5(9)7(10)16-4/h4-7,9-10H,3H2,1-2H3. The maximum absolute atomic E-state index is 11.0. The molecule has 106 valence electrons. The summed E-state index contributed by atoms with van der Waals surface area (Å²) in [5, 5.41) is 18.7. The van der Waals surface area contributed by atoms with Gasteiger partial charge in [-0.05, 0) is 0 Å². The largest absolute Gasteiger partial charge is 0.508 e. The van der Waals surface area contributed by atoms with Crippen molar-refractivity contribution in [3.05, 3.63) is 0 Å². The highest BCUT2D eigenvalue weighted by Gasteiger charge is 2.46. The maximum Gasteiger partial charge on any atom is 0.508 e. The average molecular weight is 286 g/mol. The molecule has 0 aromatic heterocycles. The fourth-order valence-corrected chi connectivity index (χ4v) is 2.02. The van der Waals surface area contributed by atoms with E-state index in [1.54, 1.807) is 0 Å². The average Bonchev–Trinajstić information content (AvgIpc) is 2.52. The van der Waals surface area contributed by atoms with Gasteiger partial charge in [0.05, 0.1) is 13.4 Å². The van der Waals surface area contributed by atoms with E-state index in [4.69, 9.17) is 4.74 Å². The van der Waals surface area contributed by atoms with Gasteiger partial charge in [0.25, 0.3) is 10.1 Å². The van der Waals surface area contributed by atoms with Gasteiger partial charge in [-0.3, -0.25) is 4.18 Å². The molecule has 9 nitrogen and oxygen atoms in total. The number of ether oxygens (including phenoxy) is 3. The lowest BCUT2D eigenvalue weighted by Gasteiger charge is -2.18. The molecule has 0 bridgehead atoms. The molecule has 0 amide bonds. The first-order valence-corrected chi connectivity index (χ1v) is 6.67. The molecule has 0 aromatic carbocycles. The van der Waals surface area contributed by atoms with Gasteiger partial charge in [0, 0.05) is 0 Å². The third-order valence-electron chi connectivity index (χ3n) is 2.13. The number of aliphatic hydroxyl groups is 2. The van der Waals surface area contributed by atoms with Gasteiger partial charge in [-0.1, -0.05) is 0 Å². The van der Waals surface area contributed by atoms with Crippen molar-refractivity contribution in [2.45, 2.75) is 24.6 Å². The molecule has 4 atom stereocenters. The van der Waals surface area contributed by atoms with Crippen LogP contribution in [0.25, 0.3) is 0 Å². The van der Waals surface area contributed by atoms with Crippen molar-refractivity contribution in [2.75, 3.05) is 20.0 Å². The van der Waals surface area contributed by atoms with Gasteiger partial charge in [-0.25, -0.2) is 4.79 Å². The van der Waals surface area contributed by atoms with Crippen molar-refractivity contribution >= 4 is 16.3 Å². The molecular formula is C8H14O9S. The summed E-state index contributed by atoms with van der Waals surface area (Å²) in [5.41, 5.74) is 0. The summed E-state index contributed by atoms with van der Waals surface area (Å²) in [5.74, 6) is 0. The Hall–Kier alpha value is -0.940.